The lowest BCUT2D eigenvalue weighted by molar-refractivity contribution is -0.606. The minimum absolute atomic E-state index is 0.172. The molecule has 8 heteroatoms. The number of rotatable bonds is 4. The van der Waals surface area contributed by atoms with E-state index in [0.717, 1.165) is 18.6 Å². The summed E-state index contributed by atoms with van der Waals surface area (Å²) in [5, 5.41) is 23.7. The van der Waals surface area contributed by atoms with E-state index in [0.29, 0.717) is 10.3 Å². The zero-order valence-corrected chi connectivity index (χ0v) is 10.6. The molecule has 0 saturated carbocycles. The molecule has 8 nitrogen and oxygen atoms in total. The summed E-state index contributed by atoms with van der Waals surface area (Å²) in [6, 6.07) is 8.11. The first-order chi connectivity index (χ1) is 10.1. The predicted molar refractivity (Wildman–Crippen MR) is 71.3 cm³/mol. The van der Waals surface area contributed by atoms with Crippen LogP contribution in [-0.4, -0.2) is 27.7 Å². The van der Waals surface area contributed by atoms with Crippen LogP contribution in [0.2, 0.25) is 0 Å². The third-order valence-electron chi connectivity index (χ3n) is 2.43. The predicted octanol–water partition coefficient (Wildman–Crippen LogP) is -0.0663. The fraction of sp³-hybridized carbons (Fsp3) is 0. The monoisotopic (exact) mass is 286 g/mol. The second kappa shape index (κ2) is 6.24. The number of carbonyl (C=O) groups excluding carboxylic acids is 1. The summed E-state index contributed by atoms with van der Waals surface area (Å²) in [7, 11) is 0. The van der Waals surface area contributed by atoms with Crippen molar-refractivity contribution in [3.05, 3.63) is 65.4 Å². The average Bonchev–Trinajstić information content (AvgIpc) is 2.48. The number of hydrazone groups is 1. The number of benzene rings is 1. The third-order valence-corrected chi connectivity index (χ3v) is 2.43. The molecule has 1 heterocycles. The van der Waals surface area contributed by atoms with Gasteiger partial charge in [0.25, 0.3) is 5.91 Å². The van der Waals surface area contributed by atoms with Gasteiger partial charge in [-0.1, -0.05) is 30.3 Å². The summed E-state index contributed by atoms with van der Waals surface area (Å²) < 4.78 is 0.404. The Labute approximate surface area is 119 Å². The lowest BCUT2D eigenvalue weighted by atomic mass is 10.1. The molecule has 0 spiro atoms. The highest BCUT2D eigenvalue weighted by Crippen LogP contribution is 2.01. The minimum atomic E-state index is -1.29. The molecule has 1 amide bonds. The maximum absolute atomic E-state index is 11.7. The molecule has 0 aliphatic carbocycles. The Hall–Kier alpha value is -3.29. The molecule has 0 saturated heterocycles. The molecule has 0 aliphatic heterocycles. The fourth-order valence-corrected chi connectivity index (χ4v) is 1.49. The van der Waals surface area contributed by atoms with Crippen LogP contribution in [0.3, 0.4) is 0 Å². The van der Waals surface area contributed by atoms with Gasteiger partial charge in [0.2, 0.25) is 6.20 Å². The maximum Gasteiger partial charge on any atom is 0.356 e. The molecule has 0 unspecified atom stereocenters. The number of carboxylic acids is 1. The molecular formula is C13H10N4O4. The van der Waals surface area contributed by atoms with Gasteiger partial charge < -0.3 is 10.3 Å². The number of nitrogens with one attached hydrogen (secondary N) is 1. The van der Waals surface area contributed by atoms with Crippen LogP contribution >= 0.6 is 0 Å². The van der Waals surface area contributed by atoms with Gasteiger partial charge in [-0.15, -0.1) is 0 Å². The van der Waals surface area contributed by atoms with Gasteiger partial charge in [-0.25, -0.2) is 15.2 Å². The molecule has 106 valence electrons. The highest BCUT2D eigenvalue weighted by atomic mass is 16.5. The molecule has 0 aliphatic rings. The van der Waals surface area contributed by atoms with Gasteiger partial charge in [-0.3, -0.25) is 4.79 Å². The summed E-state index contributed by atoms with van der Waals surface area (Å²) in [5.41, 5.74) is 1.90. The van der Waals surface area contributed by atoms with Gasteiger partial charge in [-0.2, -0.15) is 9.83 Å². The molecule has 0 radical (unpaired) electrons. The topological polar surface area (TPSA) is 119 Å². The normalized spacial score (nSPS) is 11.0. The van der Waals surface area contributed by atoms with E-state index in [2.05, 4.69) is 15.5 Å². The van der Waals surface area contributed by atoms with Crippen molar-refractivity contribution < 1.29 is 19.4 Å². The number of nitrogens with zero attached hydrogens (tertiary/aromatic N) is 3. The van der Waals surface area contributed by atoms with Crippen LogP contribution in [0.5, 0.6) is 0 Å². The molecule has 2 rings (SSSR count). The Bertz CT molecular complexity index is 700. The van der Waals surface area contributed by atoms with Crippen LogP contribution in [-0.2, 0) is 4.79 Å². The van der Waals surface area contributed by atoms with Gasteiger partial charge in [0.15, 0.2) is 17.6 Å². The van der Waals surface area contributed by atoms with E-state index < -0.39 is 11.9 Å². The van der Waals surface area contributed by atoms with E-state index >= 15 is 0 Å². The number of carbonyl (C=O) groups is 2. The second-order valence-electron chi connectivity index (χ2n) is 3.87. The molecule has 0 fully saturated rings. The Kier molecular flexibility index (Phi) is 4.20. The molecule has 1 aromatic carbocycles. The molecule has 2 N–H and O–H groups in total. The van der Waals surface area contributed by atoms with Crippen LogP contribution in [0.15, 0.2) is 54.0 Å². The van der Waals surface area contributed by atoms with E-state index in [1.165, 1.54) is 0 Å². The van der Waals surface area contributed by atoms with Crippen LogP contribution in [0.25, 0.3) is 0 Å². The minimum Gasteiger partial charge on any atom is -0.619 e. The van der Waals surface area contributed by atoms with E-state index in [1.807, 2.05) is 0 Å². The van der Waals surface area contributed by atoms with Crippen LogP contribution in [0.1, 0.15) is 16.1 Å². The van der Waals surface area contributed by atoms with Gasteiger partial charge in [0, 0.05) is 5.56 Å². The lowest BCUT2D eigenvalue weighted by Crippen LogP contribution is -2.30. The Balaban J connectivity index is 2.21. The van der Waals surface area contributed by atoms with Crippen molar-refractivity contribution in [3.8, 4) is 0 Å². The van der Waals surface area contributed by atoms with Crippen molar-refractivity contribution in [2.45, 2.75) is 0 Å². The molecular weight excluding hydrogens is 276 g/mol. The number of aliphatic carboxylic acids is 1. The number of aromatic nitrogens is 2. The zero-order valence-electron chi connectivity index (χ0n) is 10.6. The van der Waals surface area contributed by atoms with Crippen molar-refractivity contribution in [2.24, 2.45) is 5.10 Å². The largest absolute Gasteiger partial charge is 0.619 e. The molecule has 1 aromatic heterocycles. The van der Waals surface area contributed by atoms with Crippen LogP contribution in [0, 0.1) is 5.21 Å². The molecule has 21 heavy (non-hydrogen) atoms. The fourth-order valence-electron chi connectivity index (χ4n) is 1.49. The number of amides is 1. The molecule has 0 bridgehead atoms. The summed E-state index contributed by atoms with van der Waals surface area (Å²) in [6.07, 6.45) is 3.22. The number of hydrogen-bond acceptors (Lipinski definition) is 5. The Morgan fingerprint density at radius 3 is 2.62 bits per heavy atom. The summed E-state index contributed by atoms with van der Waals surface area (Å²) in [4.78, 5) is 26.6. The van der Waals surface area contributed by atoms with Crippen molar-refractivity contribution in [2.75, 3.05) is 0 Å². The highest BCUT2D eigenvalue weighted by molar-refractivity contribution is 6.42. The van der Waals surface area contributed by atoms with E-state index in [1.54, 1.807) is 30.3 Å². The summed E-state index contributed by atoms with van der Waals surface area (Å²) in [5.74, 6) is -2.07. The number of hydrogen-bond donors (Lipinski definition) is 2. The number of carboxylic acid groups (broad SMARTS) is 1. The van der Waals surface area contributed by atoms with Crippen LogP contribution < -0.4 is 10.2 Å². The van der Waals surface area contributed by atoms with E-state index in [-0.39, 0.29) is 11.4 Å². The highest BCUT2D eigenvalue weighted by Gasteiger charge is 2.15. The quantitative estimate of drug-likeness (QED) is 0.353. The lowest BCUT2D eigenvalue weighted by Gasteiger charge is -2.03. The van der Waals surface area contributed by atoms with Gasteiger partial charge in [-0.05, 0) is 0 Å². The van der Waals surface area contributed by atoms with Crippen molar-refractivity contribution >= 4 is 17.6 Å². The first kappa shape index (κ1) is 14.1. The first-order valence-electron chi connectivity index (χ1n) is 5.79. The Morgan fingerprint density at radius 2 is 2.00 bits per heavy atom. The van der Waals surface area contributed by atoms with E-state index in [9.17, 15) is 14.8 Å². The summed E-state index contributed by atoms with van der Waals surface area (Å²) >= 11 is 0. The van der Waals surface area contributed by atoms with Crippen molar-refractivity contribution in [1.29, 1.82) is 0 Å². The smallest absolute Gasteiger partial charge is 0.356 e. The summed E-state index contributed by atoms with van der Waals surface area (Å²) in [6.45, 7) is 0. The Morgan fingerprint density at radius 1 is 1.29 bits per heavy atom. The molecule has 0 atom stereocenters. The second-order valence-corrected chi connectivity index (χ2v) is 3.87. The van der Waals surface area contributed by atoms with Crippen molar-refractivity contribution in [1.82, 2.24) is 10.4 Å². The standard InChI is InChI=1S/C13H10N4O4/c18-12(10-8-17(21)7-6-14-10)16-15-11(13(19)20)9-4-2-1-3-5-9/h1-8H,(H,16,18)(H,19,20)/b15-11-. The van der Waals surface area contributed by atoms with Crippen molar-refractivity contribution in [3.63, 3.8) is 0 Å². The first-order valence-corrected chi connectivity index (χ1v) is 5.79. The van der Waals surface area contributed by atoms with Gasteiger partial charge in [0.1, 0.15) is 0 Å². The molecule has 2 aromatic rings. The van der Waals surface area contributed by atoms with Gasteiger partial charge >= 0.3 is 5.97 Å². The SMILES string of the molecule is O=C(O)/C(=N\NC(=O)c1c[n+]([O-])ccn1)c1ccccc1. The third kappa shape index (κ3) is 3.60. The average molecular weight is 286 g/mol. The van der Waals surface area contributed by atoms with Crippen LogP contribution in [0.4, 0.5) is 0 Å². The maximum atomic E-state index is 11.7. The van der Waals surface area contributed by atoms with E-state index in [4.69, 9.17) is 5.11 Å². The zero-order chi connectivity index (χ0) is 15.2. The van der Waals surface area contributed by atoms with Gasteiger partial charge in [0.05, 0.1) is 6.20 Å².